The molecule has 4 N–H and O–H groups in total. The molecule has 0 aromatic carbocycles. The van der Waals surface area contributed by atoms with Gasteiger partial charge in [0, 0.05) is 12.6 Å². The highest BCUT2D eigenvalue weighted by molar-refractivity contribution is 5.94. The van der Waals surface area contributed by atoms with Gasteiger partial charge in [0.05, 0.1) is 6.04 Å². The molecule has 1 aromatic rings. The Labute approximate surface area is 105 Å². The average Bonchev–Trinajstić information content (AvgIpc) is 2.30. The fourth-order valence-corrected chi connectivity index (χ4v) is 1.41. The molecule has 0 saturated heterocycles. The van der Waals surface area contributed by atoms with Crippen LogP contribution >= 0.6 is 0 Å². The summed E-state index contributed by atoms with van der Waals surface area (Å²) in [5, 5.41) is 11.2. The predicted molar refractivity (Wildman–Crippen MR) is 67.1 cm³/mol. The molecular weight excluding hydrogens is 234 g/mol. The lowest BCUT2D eigenvalue weighted by Crippen LogP contribution is -2.33. The normalized spacial score (nSPS) is 11.9. The molecule has 0 aliphatic carbocycles. The van der Waals surface area contributed by atoms with Crippen LogP contribution in [0.2, 0.25) is 0 Å². The Hall–Kier alpha value is -1.95. The average molecular weight is 251 g/mol. The summed E-state index contributed by atoms with van der Waals surface area (Å²) < 4.78 is 0. The number of carboxylic acid groups (broad SMARTS) is 1. The highest BCUT2D eigenvalue weighted by Crippen LogP contribution is 2.14. The molecule has 1 heterocycles. The smallest absolute Gasteiger partial charge is 0.303 e. The summed E-state index contributed by atoms with van der Waals surface area (Å²) in [6.45, 7) is 1.59. The van der Waals surface area contributed by atoms with E-state index in [1.165, 1.54) is 0 Å². The molecule has 6 nitrogen and oxygen atoms in total. The number of amides is 1. The number of aryl methyl sites for hydroxylation is 1. The molecule has 0 fully saturated rings. The third-order valence-electron chi connectivity index (χ3n) is 2.38. The number of nitrogens with zero attached hydrogens (tertiary/aromatic N) is 1. The van der Waals surface area contributed by atoms with Gasteiger partial charge in [0.1, 0.15) is 5.82 Å². The zero-order chi connectivity index (χ0) is 13.5. The number of carboxylic acids is 1. The molecule has 0 saturated carbocycles. The number of nitrogens with one attached hydrogen (secondary N) is 1. The van der Waals surface area contributed by atoms with Crippen LogP contribution in [-0.4, -0.2) is 28.0 Å². The van der Waals surface area contributed by atoms with E-state index < -0.39 is 12.0 Å². The number of anilines is 1. The molecule has 0 aliphatic rings. The Kier molecular flexibility index (Phi) is 5.26. The van der Waals surface area contributed by atoms with Crippen LogP contribution in [0, 0.1) is 0 Å². The molecule has 0 spiro atoms. The number of hydrogen-bond donors (Lipinski definition) is 3. The predicted octanol–water partition coefficient (Wildman–Crippen LogP) is 0.775. The fourth-order valence-electron chi connectivity index (χ4n) is 1.41. The Bertz CT molecular complexity index is 432. The third kappa shape index (κ3) is 4.50. The van der Waals surface area contributed by atoms with E-state index in [4.69, 9.17) is 10.8 Å². The zero-order valence-electron chi connectivity index (χ0n) is 10.2. The number of carbonyl (C=O) groups excluding carboxylic acids is 1. The molecule has 0 unspecified atom stereocenters. The first-order valence-electron chi connectivity index (χ1n) is 5.73. The fraction of sp³-hybridized carbons (Fsp3) is 0.417. The number of pyridine rings is 1. The van der Waals surface area contributed by atoms with Crippen molar-refractivity contribution in [3.05, 3.63) is 23.9 Å². The van der Waals surface area contributed by atoms with Crippen LogP contribution in [-0.2, 0) is 16.0 Å². The number of rotatable bonds is 6. The molecule has 18 heavy (non-hydrogen) atoms. The number of aromatic nitrogens is 1. The molecule has 6 heteroatoms. The molecule has 1 rings (SSSR count). The Morgan fingerprint density at radius 3 is 2.89 bits per heavy atom. The minimum Gasteiger partial charge on any atom is -0.481 e. The van der Waals surface area contributed by atoms with Crippen LogP contribution in [0.3, 0.4) is 0 Å². The summed E-state index contributed by atoms with van der Waals surface area (Å²) in [5.74, 6) is -0.696. The molecule has 0 aliphatic heterocycles. The van der Waals surface area contributed by atoms with Crippen molar-refractivity contribution in [3.8, 4) is 0 Å². The molecule has 0 bridgehead atoms. The maximum Gasteiger partial charge on any atom is 0.303 e. The second kappa shape index (κ2) is 6.70. The second-order valence-corrected chi connectivity index (χ2v) is 4.04. The third-order valence-corrected chi connectivity index (χ3v) is 2.38. The molecule has 0 radical (unpaired) electrons. The second-order valence-electron chi connectivity index (χ2n) is 4.04. The summed E-state index contributed by atoms with van der Waals surface area (Å²) in [4.78, 5) is 26.0. The van der Waals surface area contributed by atoms with Crippen molar-refractivity contribution < 1.29 is 14.7 Å². The number of hydrogen-bond acceptors (Lipinski definition) is 4. The zero-order valence-corrected chi connectivity index (χ0v) is 10.2. The summed E-state index contributed by atoms with van der Waals surface area (Å²) in [6.07, 6.45) is 2.71. The van der Waals surface area contributed by atoms with E-state index in [1.807, 2.05) is 6.07 Å². The van der Waals surface area contributed by atoms with Crippen LogP contribution in [0.4, 0.5) is 5.82 Å². The van der Waals surface area contributed by atoms with Gasteiger partial charge < -0.3 is 16.2 Å². The van der Waals surface area contributed by atoms with E-state index >= 15 is 0 Å². The summed E-state index contributed by atoms with van der Waals surface area (Å²) in [6, 6.07) is 2.95. The summed E-state index contributed by atoms with van der Waals surface area (Å²) in [7, 11) is 0. The van der Waals surface area contributed by atoms with Gasteiger partial charge in [0.25, 0.3) is 0 Å². The van der Waals surface area contributed by atoms with E-state index in [2.05, 4.69) is 10.3 Å². The van der Waals surface area contributed by atoms with Gasteiger partial charge in [-0.3, -0.25) is 9.59 Å². The van der Waals surface area contributed by atoms with Gasteiger partial charge in [0.2, 0.25) is 5.91 Å². The van der Waals surface area contributed by atoms with E-state index in [0.717, 1.165) is 5.56 Å². The number of nitrogens with two attached hydrogens (primary N) is 1. The number of carbonyl (C=O) groups is 2. The SMILES string of the molecule is C[C@H](N)C(=O)Nc1ncccc1CCCC(=O)O. The van der Waals surface area contributed by atoms with Gasteiger partial charge in [0.15, 0.2) is 0 Å². The van der Waals surface area contributed by atoms with Crippen LogP contribution in [0.1, 0.15) is 25.3 Å². The van der Waals surface area contributed by atoms with Crippen molar-refractivity contribution in [2.45, 2.75) is 32.2 Å². The van der Waals surface area contributed by atoms with Crippen LogP contribution in [0.15, 0.2) is 18.3 Å². The molecule has 98 valence electrons. The Balaban J connectivity index is 2.67. The van der Waals surface area contributed by atoms with E-state index in [0.29, 0.717) is 18.7 Å². The quantitative estimate of drug-likeness (QED) is 0.692. The van der Waals surface area contributed by atoms with Crippen LogP contribution < -0.4 is 11.1 Å². The monoisotopic (exact) mass is 251 g/mol. The van der Waals surface area contributed by atoms with Gasteiger partial charge in [-0.1, -0.05) is 6.07 Å². The van der Waals surface area contributed by atoms with E-state index in [-0.39, 0.29) is 12.3 Å². The standard InChI is InChI=1S/C12H17N3O3/c1-8(13)12(18)15-11-9(5-3-7-14-11)4-2-6-10(16)17/h3,5,7-8H,2,4,6,13H2,1H3,(H,16,17)(H,14,15,18)/t8-/m0/s1. The lowest BCUT2D eigenvalue weighted by atomic mass is 10.1. The van der Waals surface area contributed by atoms with Crippen molar-refractivity contribution in [1.82, 2.24) is 4.98 Å². The maximum atomic E-state index is 11.5. The minimum atomic E-state index is -0.833. The lowest BCUT2D eigenvalue weighted by Gasteiger charge is -2.10. The van der Waals surface area contributed by atoms with Gasteiger partial charge in [-0.25, -0.2) is 4.98 Å². The summed E-state index contributed by atoms with van der Waals surface area (Å²) >= 11 is 0. The molecule has 1 amide bonds. The van der Waals surface area contributed by atoms with Gasteiger partial charge in [-0.05, 0) is 31.4 Å². The Morgan fingerprint density at radius 2 is 2.28 bits per heavy atom. The number of aliphatic carboxylic acids is 1. The summed E-state index contributed by atoms with van der Waals surface area (Å²) in [5.41, 5.74) is 6.27. The first-order valence-corrected chi connectivity index (χ1v) is 5.73. The van der Waals surface area contributed by atoms with Crippen molar-refractivity contribution in [2.24, 2.45) is 5.73 Å². The van der Waals surface area contributed by atoms with Gasteiger partial charge in [-0.2, -0.15) is 0 Å². The topological polar surface area (TPSA) is 105 Å². The van der Waals surface area contributed by atoms with Crippen LogP contribution in [0.5, 0.6) is 0 Å². The highest BCUT2D eigenvalue weighted by atomic mass is 16.4. The highest BCUT2D eigenvalue weighted by Gasteiger charge is 2.11. The minimum absolute atomic E-state index is 0.0928. The van der Waals surface area contributed by atoms with Gasteiger partial charge >= 0.3 is 5.97 Å². The molecular formula is C12H17N3O3. The first-order chi connectivity index (χ1) is 8.50. The Morgan fingerprint density at radius 1 is 1.56 bits per heavy atom. The lowest BCUT2D eigenvalue weighted by molar-refractivity contribution is -0.137. The van der Waals surface area contributed by atoms with E-state index in [9.17, 15) is 9.59 Å². The maximum absolute atomic E-state index is 11.5. The first kappa shape index (κ1) is 14.1. The molecule has 1 aromatic heterocycles. The van der Waals surface area contributed by atoms with Crippen molar-refractivity contribution in [1.29, 1.82) is 0 Å². The van der Waals surface area contributed by atoms with Crippen molar-refractivity contribution in [2.75, 3.05) is 5.32 Å². The van der Waals surface area contributed by atoms with Crippen LogP contribution in [0.25, 0.3) is 0 Å². The van der Waals surface area contributed by atoms with Crippen molar-refractivity contribution in [3.63, 3.8) is 0 Å². The van der Waals surface area contributed by atoms with Crippen molar-refractivity contribution >= 4 is 17.7 Å². The van der Waals surface area contributed by atoms with Gasteiger partial charge in [-0.15, -0.1) is 0 Å². The van der Waals surface area contributed by atoms with E-state index in [1.54, 1.807) is 19.2 Å². The molecule has 1 atom stereocenters. The largest absolute Gasteiger partial charge is 0.481 e.